The van der Waals surface area contributed by atoms with Crippen molar-refractivity contribution in [3.63, 3.8) is 0 Å². The van der Waals surface area contributed by atoms with E-state index in [1.807, 2.05) is 37.4 Å². The van der Waals surface area contributed by atoms with E-state index in [0.29, 0.717) is 25.8 Å². The Morgan fingerprint density at radius 3 is 2.10 bits per heavy atom. The summed E-state index contributed by atoms with van der Waals surface area (Å²) in [5.41, 5.74) is 18.4. The normalized spacial score (nSPS) is 14.4. The Bertz CT molecular complexity index is 1400. The molecule has 3 unspecified atom stereocenters. The zero-order valence-electron chi connectivity index (χ0n) is 30.3. The zero-order chi connectivity index (χ0) is 36.2. The minimum Gasteiger partial charge on any atom is -0.370 e. The van der Waals surface area contributed by atoms with E-state index < -0.39 is 29.8 Å². The van der Waals surface area contributed by atoms with Crippen LogP contribution in [0.5, 0.6) is 0 Å². The Labute approximate surface area is 286 Å². The number of aromatic nitrogens is 1. The third-order valence-corrected chi connectivity index (χ3v) is 8.17. The standard InChI is InChI=1S/C36H60N8O4/c1-23(19-35(3,4)5)15-17-44(22-30(37)45)33(48)28(14-11-16-40-34(38)39)42-32(47)29(43-31(46)24(2)20-36(6,7)8)18-25-21-41-27-13-10-9-12-26(25)27/h9-10,12-13,21,23-24,28-29,41H,11,14-20,22H2,1-8H3,(H2,37,45)(H,42,47)(H,43,46)(H4,38,39,40)/t23?,24?,28-,29?/m0/s1. The maximum absolute atomic E-state index is 14.1. The molecule has 0 aliphatic heterocycles. The van der Waals surface area contributed by atoms with Crippen molar-refractivity contribution < 1.29 is 19.2 Å². The zero-order valence-corrected chi connectivity index (χ0v) is 30.3. The molecule has 2 rings (SSSR count). The largest absolute Gasteiger partial charge is 0.370 e. The number of para-hydroxylation sites is 1. The highest BCUT2D eigenvalue weighted by Gasteiger charge is 2.32. The van der Waals surface area contributed by atoms with Gasteiger partial charge in [0.15, 0.2) is 5.96 Å². The second-order valence-electron chi connectivity index (χ2n) is 15.7. The summed E-state index contributed by atoms with van der Waals surface area (Å²) in [6, 6.07) is 5.77. The van der Waals surface area contributed by atoms with Crippen LogP contribution in [0.4, 0.5) is 0 Å². The van der Waals surface area contributed by atoms with E-state index >= 15 is 0 Å². The first-order valence-corrected chi connectivity index (χ1v) is 17.0. The molecule has 48 heavy (non-hydrogen) atoms. The molecule has 4 amide bonds. The van der Waals surface area contributed by atoms with Crippen molar-refractivity contribution in [1.29, 1.82) is 0 Å². The third kappa shape index (κ3) is 14.4. The Morgan fingerprint density at radius 1 is 0.875 bits per heavy atom. The van der Waals surface area contributed by atoms with Crippen LogP contribution in [0.15, 0.2) is 35.5 Å². The number of aliphatic imine (C=N–C) groups is 1. The molecule has 4 atom stereocenters. The lowest BCUT2D eigenvalue weighted by Crippen LogP contribution is -2.56. The average molecular weight is 669 g/mol. The van der Waals surface area contributed by atoms with E-state index in [0.717, 1.165) is 22.9 Å². The number of hydrogen-bond donors (Lipinski definition) is 6. The Hall–Kier alpha value is -4.09. The number of benzene rings is 1. The van der Waals surface area contributed by atoms with Crippen LogP contribution in [0.25, 0.3) is 10.9 Å². The van der Waals surface area contributed by atoms with E-state index in [2.05, 4.69) is 69.1 Å². The van der Waals surface area contributed by atoms with E-state index in [-0.39, 0.29) is 60.5 Å². The quantitative estimate of drug-likeness (QED) is 0.0796. The number of nitrogens with zero attached hydrogens (tertiary/aromatic N) is 2. The monoisotopic (exact) mass is 668 g/mol. The van der Waals surface area contributed by atoms with Gasteiger partial charge in [-0.05, 0) is 60.5 Å². The second-order valence-corrected chi connectivity index (χ2v) is 15.7. The molecular formula is C36H60N8O4. The van der Waals surface area contributed by atoms with E-state index in [9.17, 15) is 19.2 Å². The summed E-state index contributed by atoms with van der Waals surface area (Å²) in [4.78, 5) is 62.4. The molecule has 0 aliphatic carbocycles. The van der Waals surface area contributed by atoms with Crippen LogP contribution in [-0.2, 0) is 25.6 Å². The SMILES string of the molecule is CC(CCN(CC(N)=O)C(=O)[C@H](CCCN=C(N)N)NC(=O)C(Cc1c[nH]c2ccccc12)NC(=O)C(C)CC(C)(C)C)CC(C)(C)C. The molecule has 0 saturated heterocycles. The second kappa shape index (κ2) is 17.9. The van der Waals surface area contributed by atoms with Crippen molar-refractivity contribution >= 4 is 40.5 Å². The molecule has 2 aromatic rings. The molecule has 0 bridgehead atoms. The summed E-state index contributed by atoms with van der Waals surface area (Å²) in [6.45, 7) is 16.9. The fourth-order valence-corrected chi connectivity index (χ4v) is 6.29. The average Bonchev–Trinajstić information content (AvgIpc) is 3.36. The van der Waals surface area contributed by atoms with Gasteiger partial charge in [0.2, 0.25) is 23.6 Å². The van der Waals surface area contributed by atoms with Crippen molar-refractivity contribution in [1.82, 2.24) is 20.5 Å². The van der Waals surface area contributed by atoms with Crippen molar-refractivity contribution in [3.8, 4) is 0 Å². The molecular weight excluding hydrogens is 608 g/mol. The summed E-state index contributed by atoms with van der Waals surface area (Å²) < 4.78 is 0. The van der Waals surface area contributed by atoms with Crippen molar-refractivity contribution in [2.45, 2.75) is 106 Å². The number of amides is 4. The van der Waals surface area contributed by atoms with Crippen LogP contribution < -0.4 is 27.8 Å². The van der Waals surface area contributed by atoms with E-state index in [1.165, 1.54) is 4.90 Å². The summed E-state index contributed by atoms with van der Waals surface area (Å²) in [5.74, 6) is -1.95. The molecule has 0 aliphatic rings. The molecule has 1 aromatic heterocycles. The third-order valence-electron chi connectivity index (χ3n) is 8.17. The predicted octanol–water partition coefficient (Wildman–Crippen LogP) is 3.58. The number of carbonyl (C=O) groups excluding carboxylic acids is 4. The number of H-pyrrole nitrogens is 1. The number of aromatic amines is 1. The first kappa shape index (κ1) is 40.1. The van der Waals surface area contributed by atoms with Gasteiger partial charge in [-0.15, -0.1) is 0 Å². The van der Waals surface area contributed by atoms with Gasteiger partial charge in [0.05, 0.1) is 6.54 Å². The van der Waals surface area contributed by atoms with Crippen molar-refractivity contribution in [3.05, 3.63) is 36.0 Å². The van der Waals surface area contributed by atoms with Gasteiger partial charge >= 0.3 is 0 Å². The van der Waals surface area contributed by atoms with Crippen molar-refractivity contribution in [2.24, 2.45) is 44.9 Å². The first-order chi connectivity index (χ1) is 22.3. The molecule has 268 valence electrons. The van der Waals surface area contributed by atoms with Crippen LogP contribution in [0, 0.1) is 22.7 Å². The topological polar surface area (TPSA) is 202 Å². The summed E-state index contributed by atoms with van der Waals surface area (Å²) in [5, 5.41) is 6.83. The Morgan fingerprint density at radius 2 is 1.50 bits per heavy atom. The molecule has 0 saturated carbocycles. The van der Waals surface area contributed by atoms with Crippen LogP contribution in [0.3, 0.4) is 0 Å². The number of nitrogens with one attached hydrogen (secondary N) is 3. The highest BCUT2D eigenvalue weighted by Crippen LogP contribution is 2.27. The van der Waals surface area contributed by atoms with Gasteiger partial charge in [-0.2, -0.15) is 0 Å². The molecule has 0 radical (unpaired) electrons. The molecule has 12 nitrogen and oxygen atoms in total. The maximum Gasteiger partial charge on any atom is 0.245 e. The lowest BCUT2D eigenvalue weighted by molar-refractivity contribution is -0.140. The predicted molar refractivity (Wildman–Crippen MR) is 193 cm³/mol. The van der Waals surface area contributed by atoms with Gasteiger partial charge in [-0.1, -0.05) is 73.6 Å². The van der Waals surface area contributed by atoms with Crippen LogP contribution in [0.2, 0.25) is 0 Å². The molecule has 0 spiro atoms. The molecule has 1 aromatic carbocycles. The van der Waals surface area contributed by atoms with Crippen LogP contribution in [0.1, 0.15) is 93.1 Å². The summed E-state index contributed by atoms with van der Waals surface area (Å²) >= 11 is 0. The molecule has 0 fully saturated rings. The van der Waals surface area contributed by atoms with Crippen LogP contribution in [-0.4, -0.2) is 71.2 Å². The number of primary amides is 1. The highest BCUT2D eigenvalue weighted by atomic mass is 16.2. The van der Waals surface area contributed by atoms with Crippen molar-refractivity contribution in [2.75, 3.05) is 19.6 Å². The van der Waals surface area contributed by atoms with Gasteiger partial charge in [-0.25, -0.2) is 0 Å². The number of fused-ring (bicyclic) bond motifs is 1. The van der Waals surface area contributed by atoms with Gasteiger partial charge in [0.25, 0.3) is 0 Å². The van der Waals surface area contributed by atoms with Gasteiger partial charge in [0, 0.05) is 42.5 Å². The number of rotatable bonds is 18. The smallest absolute Gasteiger partial charge is 0.245 e. The Balaban J connectivity index is 2.40. The molecule has 12 heteroatoms. The lowest BCUT2D eigenvalue weighted by atomic mass is 9.84. The fourth-order valence-electron chi connectivity index (χ4n) is 6.29. The maximum atomic E-state index is 14.1. The first-order valence-electron chi connectivity index (χ1n) is 17.0. The number of carbonyl (C=O) groups is 4. The number of hydrogen-bond acceptors (Lipinski definition) is 5. The fraction of sp³-hybridized carbons (Fsp3) is 0.639. The van der Waals surface area contributed by atoms with E-state index in [4.69, 9.17) is 17.2 Å². The van der Waals surface area contributed by atoms with E-state index in [1.54, 1.807) is 0 Å². The minimum atomic E-state index is -1.00. The Kier molecular flexibility index (Phi) is 14.9. The summed E-state index contributed by atoms with van der Waals surface area (Å²) in [7, 11) is 0. The van der Waals surface area contributed by atoms with Gasteiger partial charge in [-0.3, -0.25) is 24.2 Å². The lowest BCUT2D eigenvalue weighted by Gasteiger charge is -2.30. The molecule has 1 heterocycles. The highest BCUT2D eigenvalue weighted by molar-refractivity contribution is 5.94. The number of guanidine groups is 1. The van der Waals surface area contributed by atoms with Gasteiger partial charge in [0.1, 0.15) is 12.1 Å². The van der Waals surface area contributed by atoms with Gasteiger partial charge < -0.3 is 37.7 Å². The summed E-state index contributed by atoms with van der Waals surface area (Å²) in [6.07, 6.45) is 4.86. The minimum absolute atomic E-state index is 0.0732. The van der Waals surface area contributed by atoms with Crippen LogP contribution >= 0.6 is 0 Å². The number of nitrogens with two attached hydrogens (primary N) is 3. The molecule has 9 N–H and O–H groups in total.